The second-order valence-corrected chi connectivity index (χ2v) is 6.60. The van der Waals surface area contributed by atoms with E-state index in [-0.39, 0.29) is 31.4 Å². The first-order chi connectivity index (χ1) is 11.0. The highest BCUT2D eigenvalue weighted by Gasteiger charge is 2.14. The first kappa shape index (κ1) is 25.0. The Labute approximate surface area is 172 Å². The summed E-state index contributed by atoms with van der Waals surface area (Å²) < 4.78 is 10.9. The molecule has 1 fully saturated rings. The van der Waals surface area contributed by atoms with E-state index < -0.39 is 6.10 Å². The Bertz CT molecular complexity index is 490. The Morgan fingerprint density at radius 2 is 1.96 bits per heavy atom. The van der Waals surface area contributed by atoms with Gasteiger partial charge in [0, 0.05) is 37.7 Å². The summed E-state index contributed by atoms with van der Waals surface area (Å²) in [6.07, 6.45) is -0.573. The van der Waals surface area contributed by atoms with E-state index in [2.05, 4.69) is 9.80 Å². The molecule has 146 valence electrons. The van der Waals surface area contributed by atoms with Gasteiger partial charge >= 0.3 is 0 Å². The number of rotatable bonds is 8. The van der Waals surface area contributed by atoms with Gasteiger partial charge in [-0.05, 0) is 25.2 Å². The molecule has 9 heteroatoms. The van der Waals surface area contributed by atoms with E-state index in [1.165, 1.54) is 0 Å². The highest BCUT2D eigenvalue weighted by atomic mass is 35.5. The van der Waals surface area contributed by atoms with E-state index in [0.717, 1.165) is 39.4 Å². The fraction of sp³-hybridized carbons (Fsp3) is 0.625. The predicted octanol–water partition coefficient (Wildman–Crippen LogP) is 2.84. The van der Waals surface area contributed by atoms with Gasteiger partial charge < -0.3 is 19.5 Å². The van der Waals surface area contributed by atoms with Crippen LogP contribution in [0, 0.1) is 0 Å². The number of hydrogen-bond donors (Lipinski definition) is 1. The average molecular weight is 436 g/mol. The molecule has 1 saturated heterocycles. The second kappa shape index (κ2) is 13.2. The largest absolute Gasteiger partial charge is 0.489 e. The zero-order chi connectivity index (χ0) is 16.7. The fourth-order valence-electron chi connectivity index (χ4n) is 2.42. The van der Waals surface area contributed by atoms with Gasteiger partial charge in [0.1, 0.15) is 18.5 Å². The zero-order valence-corrected chi connectivity index (χ0v) is 17.3. The summed E-state index contributed by atoms with van der Waals surface area (Å²) >= 11 is 11.9. The summed E-state index contributed by atoms with van der Waals surface area (Å²) in [5.74, 6) is 0.533. The SMILES string of the molecule is CN(CCN1CCOCC1)CC(O)COc1ccc(Cl)cc1Cl.Cl.Cl. The Hall–Kier alpha value is 0.0200. The minimum Gasteiger partial charge on any atom is -0.489 e. The van der Waals surface area contributed by atoms with Gasteiger partial charge in [0.15, 0.2) is 0 Å². The lowest BCUT2D eigenvalue weighted by Crippen LogP contribution is -2.42. The first-order valence-electron chi connectivity index (χ1n) is 7.79. The number of aliphatic hydroxyl groups is 1. The van der Waals surface area contributed by atoms with Crippen molar-refractivity contribution in [1.82, 2.24) is 9.80 Å². The molecule has 1 aromatic rings. The summed E-state index contributed by atoms with van der Waals surface area (Å²) in [5.41, 5.74) is 0. The molecular formula is C16H26Cl4N2O3. The molecule has 0 spiro atoms. The summed E-state index contributed by atoms with van der Waals surface area (Å²) in [7, 11) is 2.00. The van der Waals surface area contributed by atoms with Gasteiger partial charge in [-0.1, -0.05) is 23.2 Å². The van der Waals surface area contributed by atoms with Crippen molar-refractivity contribution < 1.29 is 14.6 Å². The topological polar surface area (TPSA) is 45.2 Å². The van der Waals surface area contributed by atoms with Gasteiger partial charge in [0.25, 0.3) is 0 Å². The van der Waals surface area contributed by atoms with Crippen molar-refractivity contribution in [3.05, 3.63) is 28.2 Å². The summed E-state index contributed by atoms with van der Waals surface area (Å²) in [6, 6.07) is 5.04. The second-order valence-electron chi connectivity index (χ2n) is 5.76. The quantitative estimate of drug-likeness (QED) is 0.680. The molecule has 1 heterocycles. The monoisotopic (exact) mass is 434 g/mol. The number of halogens is 4. The molecule has 0 saturated carbocycles. The third-order valence-corrected chi connectivity index (χ3v) is 4.28. The van der Waals surface area contributed by atoms with Gasteiger partial charge in [-0.3, -0.25) is 4.90 Å². The third kappa shape index (κ3) is 9.50. The average Bonchev–Trinajstić information content (AvgIpc) is 2.53. The molecule has 0 bridgehead atoms. The van der Waals surface area contributed by atoms with Gasteiger partial charge in [-0.2, -0.15) is 0 Å². The van der Waals surface area contributed by atoms with Crippen LogP contribution in [0.4, 0.5) is 0 Å². The standard InChI is InChI=1S/C16H24Cl2N2O3.2ClH/c1-19(4-5-20-6-8-22-9-7-20)11-14(21)12-23-16-3-2-13(17)10-15(16)18;;/h2-3,10,14,21H,4-9,11-12H2,1H3;2*1H. The molecular weight excluding hydrogens is 410 g/mol. The maximum absolute atomic E-state index is 10.1. The number of morpholine rings is 1. The van der Waals surface area contributed by atoms with Gasteiger partial charge in [-0.25, -0.2) is 0 Å². The lowest BCUT2D eigenvalue weighted by Gasteiger charge is -2.29. The molecule has 1 aliphatic rings. The Morgan fingerprint density at radius 3 is 2.60 bits per heavy atom. The van der Waals surface area contributed by atoms with E-state index in [4.69, 9.17) is 32.7 Å². The molecule has 1 atom stereocenters. The molecule has 0 radical (unpaired) electrons. The van der Waals surface area contributed by atoms with Crippen LogP contribution in [0.1, 0.15) is 0 Å². The lowest BCUT2D eigenvalue weighted by molar-refractivity contribution is 0.0297. The van der Waals surface area contributed by atoms with E-state index in [1.54, 1.807) is 18.2 Å². The molecule has 2 rings (SSSR count). The van der Waals surface area contributed by atoms with Crippen molar-refractivity contribution in [2.45, 2.75) is 6.10 Å². The van der Waals surface area contributed by atoms with Crippen LogP contribution in [0.25, 0.3) is 0 Å². The van der Waals surface area contributed by atoms with Crippen LogP contribution in [0.2, 0.25) is 10.0 Å². The van der Waals surface area contributed by atoms with E-state index >= 15 is 0 Å². The van der Waals surface area contributed by atoms with Crippen LogP contribution in [-0.4, -0.2) is 80.6 Å². The van der Waals surface area contributed by atoms with Crippen molar-refractivity contribution in [2.24, 2.45) is 0 Å². The number of ether oxygens (including phenoxy) is 2. The van der Waals surface area contributed by atoms with E-state index in [0.29, 0.717) is 22.3 Å². The van der Waals surface area contributed by atoms with Crippen molar-refractivity contribution in [3.8, 4) is 5.75 Å². The predicted molar refractivity (Wildman–Crippen MR) is 107 cm³/mol. The van der Waals surface area contributed by atoms with Crippen LogP contribution in [-0.2, 0) is 4.74 Å². The molecule has 5 nitrogen and oxygen atoms in total. The van der Waals surface area contributed by atoms with Crippen molar-refractivity contribution >= 4 is 48.0 Å². The number of hydrogen-bond acceptors (Lipinski definition) is 5. The Balaban J connectivity index is 0.00000288. The molecule has 25 heavy (non-hydrogen) atoms. The summed E-state index contributed by atoms with van der Waals surface area (Å²) in [4.78, 5) is 4.48. The molecule has 0 amide bonds. The molecule has 1 N–H and O–H groups in total. The minimum atomic E-state index is -0.573. The van der Waals surface area contributed by atoms with Gasteiger partial charge in [0.05, 0.1) is 18.2 Å². The van der Waals surface area contributed by atoms with Gasteiger partial charge in [0.2, 0.25) is 0 Å². The van der Waals surface area contributed by atoms with Crippen LogP contribution in [0.3, 0.4) is 0 Å². The van der Waals surface area contributed by atoms with Crippen LogP contribution < -0.4 is 4.74 Å². The maximum Gasteiger partial charge on any atom is 0.138 e. The van der Waals surface area contributed by atoms with Crippen molar-refractivity contribution in [3.63, 3.8) is 0 Å². The number of likely N-dealkylation sites (N-methyl/N-ethyl adjacent to an activating group) is 1. The molecule has 1 unspecified atom stereocenters. The number of benzene rings is 1. The normalized spacial score (nSPS) is 16.0. The number of aliphatic hydroxyl groups excluding tert-OH is 1. The molecule has 0 aromatic heterocycles. The van der Waals surface area contributed by atoms with E-state index in [9.17, 15) is 5.11 Å². The molecule has 1 aromatic carbocycles. The highest BCUT2D eigenvalue weighted by Crippen LogP contribution is 2.27. The van der Waals surface area contributed by atoms with Crippen molar-refractivity contribution in [2.75, 3.05) is 59.6 Å². The number of nitrogens with zero attached hydrogens (tertiary/aromatic N) is 2. The molecule has 1 aliphatic heterocycles. The highest BCUT2D eigenvalue weighted by molar-refractivity contribution is 6.35. The third-order valence-electron chi connectivity index (χ3n) is 3.75. The summed E-state index contributed by atoms with van der Waals surface area (Å²) in [5, 5.41) is 11.1. The smallest absolute Gasteiger partial charge is 0.138 e. The van der Waals surface area contributed by atoms with Crippen molar-refractivity contribution in [1.29, 1.82) is 0 Å². The van der Waals surface area contributed by atoms with Crippen LogP contribution in [0.15, 0.2) is 18.2 Å². The Kier molecular flexibility index (Phi) is 13.2. The maximum atomic E-state index is 10.1. The Morgan fingerprint density at radius 1 is 1.28 bits per heavy atom. The minimum absolute atomic E-state index is 0. The first-order valence-corrected chi connectivity index (χ1v) is 8.55. The van der Waals surface area contributed by atoms with Crippen LogP contribution >= 0.6 is 48.0 Å². The lowest BCUT2D eigenvalue weighted by atomic mass is 10.3. The zero-order valence-electron chi connectivity index (χ0n) is 14.2. The molecule has 0 aliphatic carbocycles. The van der Waals surface area contributed by atoms with E-state index in [1.807, 2.05) is 7.05 Å². The summed E-state index contributed by atoms with van der Waals surface area (Å²) in [6.45, 7) is 6.21. The van der Waals surface area contributed by atoms with Crippen LogP contribution in [0.5, 0.6) is 5.75 Å². The fourth-order valence-corrected chi connectivity index (χ4v) is 2.88. The van der Waals surface area contributed by atoms with Gasteiger partial charge in [-0.15, -0.1) is 24.8 Å².